The van der Waals surface area contributed by atoms with Crippen LogP contribution in [0.3, 0.4) is 0 Å². The van der Waals surface area contributed by atoms with Crippen molar-refractivity contribution in [3.05, 3.63) is 69.7 Å². The van der Waals surface area contributed by atoms with E-state index in [2.05, 4.69) is 33.4 Å². The molecule has 1 heterocycles. The van der Waals surface area contributed by atoms with Crippen molar-refractivity contribution in [1.82, 2.24) is 10.2 Å². The van der Waals surface area contributed by atoms with Crippen molar-refractivity contribution >= 4 is 21.8 Å². The fraction of sp³-hybridized carbons (Fsp3) is 0.278. The number of nitrogens with zero attached hydrogens (tertiary/aromatic N) is 1. The average molecular weight is 359 g/mol. The highest BCUT2D eigenvalue weighted by Crippen LogP contribution is 2.18. The predicted octanol–water partition coefficient (Wildman–Crippen LogP) is 3.12. The van der Waals surface area contributed by atoms with Gasteiger partial charge in [0.15, 0.2) is 0 Å². The maximum Gasteiger partial charge on any atom is 0.240 e. The third-order valence-electron chi connectivity index (χ3n) is 4.09. The molecule has 1 aliphatic rings. The molecule has 0 aromatic heterocycles. The van der Waals surface area contributed by atoms with E-state index >= 15 is 0 Å². The van der Waals surface area contributed by atoms with E-state index in [4.69, 9.17) is 0 Å². The Balaban J connectivity index is 1.65. The largest absolute Gasteiger partial charge is 0.340 e. The quantitative estimate of drug-likeness (QED) is 0.913. The normalized spacial score (nSPS) is 16.9. The van der Waals surface area contributed by atoms with Gasteiger partial charge in [-0.15, -0.1) is 0 Å². The van der Waals surface area contributed by atoms with Crippen molar-refractivity contribution in [2.45, 2.75) is 25.6 Å². The number of hydrogen-bond acceptors (Lipinski definition) is 2. The summed E-state index contributed by atoms with van der Waals surface area (Å²) in [5, 5.41) is 3.35. The molecule has 4 heteroatoms. The number of benzene rings is 2. The molecule has 2 aromatic rings. The zero-order chi connectivity index (χ0) is 15.5. The van der Waals surface area contributed by atoms with Gasteiger partial charge in [-0.05, 0) is 35.2 Å². The highest BCUT2D eigenvalue weighted by atomic mass is 79.9. The Kier molecular flexibility index (Phi) is 4.60. The number of amides is 1. The molecule has 3 rings (SSSR count). The van der Waals surface area contributed by atoms with Gasteiger partial charge in [-0.25, -0.2) is 0 Å². The van der Waals surface area contributed by atoms with Crippen molar-refractivity contribution in [1.29, 1.82) is 0 Å². The van der Waals surface area contributed by atoms with Crippen LogP contribution in [0.1, 0.15) is 16.7 Å². The summed E-state index contributed by atoms with van der Waals surface area (Å²) < 4.78 is 1.05. The van der Waals surface area contributed by atoms with Gasteiger partial charge in [0.1, 0.15) is 0 Å². The molecule has 3 nitrogen and oxygen atoms in total. The van der Waals surface area contributed by atoms with E-state index < -0.39 is 0 Å². The van der Waals surface area contributed by atoms with E-state index in [1.807, 2.05) is 43.4 Å². The third-order valence-corrected chi connectivity index (χ3v) is 4.62. The van der Waals surface area contributed by atoms with Gasteiger partial charge >= 0.3 is 0 Å². The van der Waals surface area contributed by atoms with Crippen LogP contribution >= 0.6 is 15.9 Å². The lowest BCUT2D eigenvalue weighted by Gasteiger charge is -2.29. The Morgan fingerprint density at radius 3 is 2.59 bits per heavy atom. The van der Waals surface area contributed by atoms with Crippen LogP contribution in [0.25, 0.3) is 0 Å². The molecule has 1 N–H and O–H groups in total. The minimum atomic E-state index is -0.129. The van der Waals surface area contributed by atoms with Gasteiger partial charge in [0.25, 0.3) is 0 Å². The summed E-state index contributed by atoms with van der Waals surface area (Å²) in [5.41, 5.74) is 3.70. The number of carbonyl (C=O) groups is 1. The van der Waals surface area contributed by atoms with E-state index in [1.165, 1.54) is 11.1 Å². The minimum Gasteiger partial charge on any atom is -0.340 e. The van der Waals surface area contributed by atoms with Crippen LogP contribution in [-0.4, -0.2) is 23.9 Å². The van der Waals surface area contributed by atoms with Gasteiger partial charge in [0.05, 0.1) is 6.04 Å². The van der Waals surface area contributed by atoms with Crippen LogP contribution < -0.4 is 5.32 Å². The van der Waals surface area contributed by atoms with Gasteiger partial charge in [-0.2, -0.15) is 0 Å². The van der Waals surface area contributed by atoms with E-state index in [1.54, 1.807) is 4.90 Å². The Morgan fingerprint density at radius 1 is 1.18 bits per heavy atom. The van der Waals surface area contributed by atoms with Gasteiger partial charge < -0.3 is 10.2 Å². The molecule has 0 bridgehead atoms. The lowest BCUT2D eigenvalue weighted by atomic mass is 9.95. The monoisotopic (exact) mass is 358 g/mol. The SMILES string of the molecule is CN(Cc1ccc(Br)cc1)C(=O)C1Cc2ccccc2CN1. The van der Waals surface area contributed by atoms with Crippen molar-refractivity contribution in [2.24, 2.45) is 0 Å². The number of fused-ring (bicyclic) bond motifs is 1. The second-order valence-electron chi connectivity index (χ2n) is 5.73. The zero-order valence-electron chi connectivity index (χ0n) is 12.6. The summed E-state index contributed by atoms with van der Waals surface area (Å²) in [4.78, 5) is 14.4. The summed E-state index contributed by atoms with van der Waals surface area (Å²) in [6.45, 7) is 1.39. The Morgan fingerprint density at radius 2 is 1.86 bits per heavy atom. The molecule has 0 spiro atoms. The molecule has 2 aromatic carbocycles. The van der Waals surface area contributed by atoms with Crippen LogP contribution in [0.15, 0.2) is 53.0 Å². The van der Waals surface area contributed by atoms with Gasteiger partial charge in [0, 0.05) is 24.6 Å². The highest BCUT2D eigenvalue weighted by Gasteiger charge is 2.26. The Hall–Kier alpha value is -1.65. The first kappa shape index (κ1) is 15.3. The van der Waals surface area contributed by atoms with Crippen molar-refractivity contribution in [2.75, 3.05) is 7.05 Å². The number of likely N-dealkylation sites (N-methyl/N-ethyl adjacent to an activating group) is 1. The van der Waals surface area contributed by atoms with Crippen molar-refractivity contribution in [3.8, 4) is 0 Å². The summed E-state index contributed by atoms with van der Waals surface area (Å²) in [6, 6.07) is 16.3. The first-order valence-corrected chi connectivity index (χ1v) is 8.22. The van der Waals surface area contributed by atoms with Crippen molar-refractivity contribution < 1.29 is 4.79 Å². The summed E-state index contributed by atoms with van der Waals surface area (Å²) >= 11 is 3.43. The summed E-state index contributed by atoms with van der Waals surface area (Å²) in [7, 11) is 1.87. The van der Waals surface area contributed by atoms with Crippen LogP contribution in [0.2, 0.25) is 0 Å². The first-order chi connectivity index (χ1) is 10.6. The van der Waals surface area contributed by atoms with Crippen LogP contribution in [-0.2, 0) is 24.3 Å². The molecule has 1 atom stereocenters. The molecule has 0 aliphatic carbocycles. The van der Waals surface area contributed by atoms with Crippen LogP contribution in [0.5, 0.6) is 0 Å². The topological polar surface area (TPSA) is 32.3 Å². The Bertz CT molecular complexity index is 669. The van der Waals surface area contributed by atoms with E-state index in [0.717, 1.165) is 23.0 Å². The third kappa shape index (κ3) is 3.39. The predicted molar refractivity (Wildman–Crippen MR) is 91.4 cm³/mol. The number of nitrogens with one attached hydrogen (secondary N) is 1. The molecule has 1 unspecified atom stereocenters. The van der Waals surface area contributed by atoms with Gasteiger partial charge in [-0.1, -0.05) is 52.3 Å². The second-order valence-corrected chi connectivity index (χ2v) is 6.64. The molecule has 22 heavy (non-hydrogen) atoms. The van der Waals surface area contributed by atoms with Gasteiger partial charge in [-0.3, -0.25) is 4.79 Å². The van der Waals surface area contributed by atoms with E-state index in [-0.39, 0.29) is 11.9 Å². The second kappa shape index (κ2) is 6.63. The number of rotatable bonds is 3. The molecule has 1 amide bonds. The first-order valence-electron chi connectivity index (χ1n) is 7.43. The fourth-order valence-corrected chi connectivity index (χ4v) is 3.10. The van der Waals surface area contributed by atoms with Gasteiger partial charge in [0.2, 0.25) is 5.91 Å². The maximum absolute atomic E-state index is 12.6. The Labute approximate surface area is 139 Å². The van der Waals surface area contributed by atoms with Crippen LogP contribution in [0, 0.1) is 0 Å². The lowest BCUT2D eigenvalue weighted by Crippen LogP contribution is -2.48. The average Bonchev–Trinajstić information content (AvgIpc) is 2.55. The number of halogens is 1. The van der Waals surface area contributed by atoms with Crippen molar-refractivity contribution in [3.63, 3.8) is 0 Å². The summed E-state index contributed by atoms with van der Waals surface area (Å²) in [5.74, 6) is 0.150. The molecule has 0 saturated heterocycles. The maximum atomic E-state index is 12.6. The number of carbonyl (C=O) groups excluding carboxylic acids is 1. The molecule has 0 radical (unpaired) electrons. The number of hydrogen-bond donors (Lipinski definition) is 1. The molecular weight excluding hydrogens is 340 g/mol. The zero-order valence-corrected chi connectivity index (χ0v) is 14.1. The fourth-order valence-electron chi connectivity index (χ4n) is 2.84. The van der Waals surface area contributed by atoms with Crippen LogP contribution in [0.4, 0.5) is 0 Å². The molecule has 0 fully saturated rings. The standard InChI is InChI=1S/C18H19BrN2O/c1-21(12-13-6-8-16(19)9-7-13)18(22)17-10-14-4-2-3-5-15(14)11-20-17/h2-9,17,20H,10-12H2,1H3. The van der Waals surface area contributed by atoms with E-state index in [9.17, 15) is 4.79 Å². The summed E-state index contributed by atoms with van der Waals surface area (Å²) in [6.07, 6.45) is 0.764. The highest BCUT2D eigenvalue weighted by molar-refractivity contribution is 9.10. The minimum absolute atomic E-state index is 0.129. The molecular formula is C18H19BrN2O. The lowest BCUT2D eigenvalue weighted by molar-refractivity contribution is -0.132. The molecule has 0 saturated carbocycles. The van der Waals surface area contributed by atoms with E-state index in [0.29, 0.717) is 6.54 Å². The smallest absolute Gasteiger partial charge is 0.240 e. The molecule has 114 valence electrons. The molecule has 1 aliphatic heterocycles.